The van der Waals surface area contributed by atoms with E-state index in [1.807, 2.05) is 22.7 Å². The van der Waals surface area contributed by atoms with E-state index >= 15 is 0 Å². The van der Waals surface area contributed by atoms with Crippen LogP contribution in [0.1, 0.15) is 0 Å². The Kier molecular flexibility index (Phi) is 6.48. The number of benzene rings is 10. The molecule has 0 aliphatic rings. The van der Waals surface area contributed by atoms with E-state index in [2.05, 4.69) is 182 Å². The van der Waals surface area contributed by atoms with E-state index in [9.17, 15) is 0 Å². The van der Waals surface area contributed by atoms with Gasteiger partial charge in [0.25, 0.3) is 0 Å². The average Bonchev–Trinajstić information content (AvgIpc) is 3.77. The zero-order chi connectivity index (χ0) is 35.3. The largest absolute Gasteiger partial charge is 0.135 e. The van der Waals surface area contributed by atoms with Gasteiger partial charge in [0.05, 0.1) is 0 Å². The third-order valence-electron chi connectivity index (χ3n) is 11.4. The van der Waals surface area contributed by atoms with Gasteiger partial charge in [-0.3, -0.25) is 0 Å². The quantitative estimate of drug-likeness (QED) is 0.160. The molecular formula is C52H30S2. The molecule has 0 amide bonds. The molecule has 2 heteroatoms. The van der Waals surface area contributed by atoms with Crippen LogP contribution >= 0.6 is 22.7 Å². The van der Waals surface area contributed by atoms with Crippen LogP contribution in [0.5, 0.6) is 0 Å². The predicted molar refractivity (Wildman–Crippen MR) is 239 cm³/mol. The maximum absolute atomic E-state index is 2.42. The zero-order valence-electron chi connectivity index (χ0n) is 29.1. The number of hydrogen-bond acceptors (Lipinski definition) is 2. The average molecular weight is 719 g/mol. The molecule has 0 saturated carbocycles. The fraction of sp³-hybridized carbons (Fsp3) is 0. The molecule has 12 aromatic rings. The van der Waals surface area contributed by atoms with E-state index in [4.69, 9.17) is 0 Å². The van der Waals surface area contributed by atoms with E-state index in [1.54, 1.807) is 0 Å². The van der Waals surface area contributed by atoms with E-state index in [0.29, 0.717) is 0 Å². The SMILES string of the molecule is c1ccc(-c2c3ccccc3c(-c3ccc4cc(-c5ccc6cc7sc8cc9c(cc8c7cc6c5)sc5ccccc59)ccc4c3)c3ccccc23)cc1. The van der Waals surface area contributed by atoms with E-state index < -0.39 is 0 Å². The summed E-state index contributed by atoms with van der Waals surface area (Å²) in [5.41, 5.74) is 7.57. The van der Waals surface area contributed by atoms with Gasteiger partial charge in [-0.15, -0.1) is 22.7 Å². The lowest BCUT2D eigenvalue weighted by Gasteiger charge is -2.18. The number of fused-ring (bicyclic) bond motifs is 10. The molecule has 0 aliphatic carbocycles. The van der Waals surface area contributed by atoms with Crippen LogP contribution in [0.4, 0.5) is 0 Å². The predicted octanol–water partition coefficient (Wildman–Crippen LogP) is 16.0. The van der Waals surface area contributed by atoms with E-state index in [-0.39, 0.29) is 0 Å². The summed E-state index contributed by atoms with van der Waals surface area (Å²) in [6.45, 7) is 0. The second kappa shape index (κ2) is 11.6. The topological polar surface area (TPSA) is 0 Å². The van der Waals surface area contributed by atoms with Crippen LogP contribution in [0.25, 0.3) is 117 Å². The Balaban J connectivity index is 0.967. The summed E-state index contributed by atoms with van der Waals surface area (Å²) >= 11 is 3.81. The van der Waals surface area contributed by atoms with Crippen molar-refractivity contribution >= 4 is 106 Å². The first-order valence-electron chi connectivity index (χ1n) is 18.5. The summed E-state index contributed by atoms with van der Waals surface area (Å²) < 4.78 is 5.43. The number of thiophene rings is 2. The highest BCUT2D eigenvalue weighted by Gasteiger charge is 2.17. The van der Waals surface area contributed by atoms with Gasteiger partial charge < -0.3 is 0 Å². The minimum absolute atomic E-state index is 1.24. The third-order valence-corrected chi connectivity index (χ3v) is 13.6. The number of rotatable bonds is 3. The van der Waals surface area contributed by atoms with Crippen molar-refractivity contribution in [3.8, 4) is 33.4 Å². The third kappa shape index (κ3) is 4.54. The molecule has 0 fully saturated rings. The smallest absolute Gasteiger partial charge is 0.0362 e. The van der Waals surface area contributed by atoms with Crippen LogP contribution in [0.2, 0.25) is 0 Å². The van der Waals surface area contributed by atoms with Gasteiger partial charge in [0.15, 0.2) is 0 Å². The van der Waals surface area contributed by atoms with Crippen LogP contribution in [0.15, 0.2) is 182 Å². The molecule has 54 heavy (non-hydrogen) atoms. The Labute approximate surface area is 319 Å². The molecule has 10 aromatic carbocycles. The van der Waals surface area contributed by atoms with Crippen LogP contribution in [-0.4, -0.2) is 0 Å². The van der Waals surface area contributed by atoms with Crippen LogP contribution in [0.3, 0.4) is 0 Å². The van der Waals surface area contributed by atoms with Gasteiger partial charge in [0, 0.05) is 40.3 Å². The Morgan fingerprint density at radius 1 is 0.222 bits per heavy atom. The van der Waals surface area contributed by atoms with Crippen molar-refractivity contribution in [2.45, 2.75) is 0 Å². The Morgan fingerprint density at radius 2 is 0.648 bits per heavy atom. The molecule has 0 aliphatic heterocycles. The lowest BCUT2D eigenvalue weighted by molar-refractivity contribution is 1.66. The Morgan fingerprint density at radius 3 is 1.30 bits per heavy atom. The summed E-state index contributed by atoms with van der Waals surface area (Å²) in [5.74, 6) is 0. The zero-order valence-corrected chi connectivity index (χ0v) is 30.8. The highest BCUT2D eigenvalue weighted by atomic mass is 32.1. The summed E-state index contributed by atoms with van der Waals surface area (Å²) in [6.07, 6.45) is 0. The maximum Gasteiger partial charge on any atom is 0.0362 e. The van der Waals surface area contributed by atoms with Gasteiger partial charge in [-0.25, -0.2) is 0 Å². The molecule has 0 nitrogen and oxygen atoms in total. The highest BCUT2D eigenvalue weighted by Crippen LogP contribution is 2.45. The molecule has 0 bridgehead atoms. The molecule has 0 N–H and O–H groups in total. The lowest BCUT2D eigenvalue weighted by atomic mass is 9.85. The molecule has 2 heterocycles. The fourth-order valence-electron chi connectivity index (χ4n) is 8.85. The molecule has 0 atom stereocenters. The maximum atomic E-state index is 2.42. The minimum atomic E-state index is 1.24. The minimum Gasteiger partial charge on any atom is -0.135 e. The van der Waals surface area contributed by atoms with E-state index in [1.165, 1.54) is 117 Å². The highest BCUT2D eigenvalue weighted by molar-refractivity contribution is 7.27. The molecule has 0 radical (unpaired) electrons. The van der Waals surface area contributed by atoms with Gasteiger partial charge in [-0.1, -0.05) is 133 Å². The van der Waals surface area contributed by atoms with Gasteiger partial charge in [-0.2, -0.15) is 0 Å². The monoisotopic (exact) mass is 718 g/mol. The Hall–Kier alpha value is -6.32. The van der Waals surface area contributed by atoms with Gasteiger partial charge in [0.1, 0.15) is 0 Å². The van der Waals surface area contributed by atoms with Gasteiger partial charge in [-0.05, 0) is 125 Å². The molecule has 0 unspecified atom stereocenters. The van der Waals surface area contributed by atoms with Crippen molar-refractivity contribution < 1.29 is 0 Å². The van der Waals surface area contributed by atoms with Crippen molar-refractivity contribution in [3.63, 3.8) is 0 Å². The normalized spacial score (nSPS) is 12.1. The molecule has 2 aromatic heterocycles. The standard InChI is InChI=1S/C52H30S2/c1-2-10-31(11-3-1)51-40-13-4-6-15-42(40)52(43-16-7-5-14-41(43)51)37-23-22-33-24-32(18-19-34(33)25-37)35-20-21-36-28-48-44(27-38(36)26-35)46-30-49-45(29-50(46)54-48)39-12-8-9-17-47(39)53-49/h1-30H. The van der Waals surface area contributed by atoms with Gasteiger partial charge >= 0.3 is 0 Å². The van der Waals surface area contributed by atoms with Crippen molar-refractivity contribution in [2.75, 3.05) is 0 Å². The molecule has 0 spiro atoms. The first-order chi connectivity index (χ1) is 26.7. The second-order valence-electron chi connectivity index (χ2n) is 14.4. The summed E-state index contributed by atoms with van der Waals surface area (Å²) in [7, 11) is 0. The molecular weight excluding hydrogens is 689 g/mol. The van der Waals surface area contributed by atoms with E-state index in [0.717, 1.165) is 0 Å². The molecule has 12 rings (SSSR count). The van der Waals surface area contributed by atoms with Crippen LogP contribution < -0.4 is 0 Å². The lowest BCUT2D eigenvalue weighted by Crippen LogP contribution is -1.90. The van der Waals surface area contributed by atoms with Crippen molar-refractivity contribution in [2.24, 2.45) is 0 Å². The van der Waals surface area contributed by atoms with Crippen molar-refractivity contribution in [1.29, 1.82) is 0 Å². The fourth-order valence-corrected chi connectivity index (χ4v) is 11.1. The first kappa shape index (κ1) is 30.2. The van der Waals surface area contributed by atoms with Gasteiger partial charge in [0.2, 0.25) is 0 Å². The summed E-state index contributed by atoms with van der Waals surface area (Å²) in [5, 5.41) is 15.6. The van der Waals surface area contributed by atoms with Crippen LogP contribution in [0, 0.1) is 0 Å². The summed E-state index contributed by atoms with van der Waals surface area (Å²) in [6, 6.07) is 67.9. The Bertz CT molecular complexity index is 3430. The first-order valence-corrected chi connectivity index (χ1v) is 20.1. The van der Waals surface area contributed by atoms with Crippen molar-refractivity contribution in [1.82, 2.24) is 0 Å². The second-order valence-corrected chi connectivity index (χ2v) is 16.6. The number of hydrogen-bond donors (Lipinski definition) is 0. The van der Waals surface area contributed by atoms with Crippen molar-refractivity contribution in [3.05, 3.63) is 182 Å². The van der Waals surface area contributed by atoms with Crippen LogP contribution in [-0.2, 0) is 0 Å². The summed E-state index contributed by atoms with van der Waals surface area (Å²) in [4.78, 5) is 0. The molecule has 0 saturated heterocycles. The molecule has 250 valence electrons.